The molecule has 0 radical (unpaired) electrons. The smallest absolute Gasteiger partial charge is 0.0615 e. The Kier molecular flexibility index (Phi) is 2.26. The fourth-order valence-electron chi connectivity index (χ4n) is 6.48. The molecule has 6 bridgehead atoms. The minimum atomic E-state index is 0.371. The Morgan fingerprint density at radius 3 is 2.55 bits per heavy atom. The molecule has 0 N–H and O–H groups in total. The van der Waals surface area contributed by atoms with Gasteiger partial charge in [0.2, 0.25) is 0 Å². The standard InChI is InChI=1S/C18H21BrO/c1-9(2)20-12-8-11-13-14(12)16-15(11)18(16,17(13)19)10-6-4-3-5-7-10/h3-7,9,11-17H,8H2,1-2H3/t11-,12-,13-,14+,15+,16-,17-,18+/m0/s1. The van der Waals surface area contributed by atoms with Crippen molar-refractivity contribution in [2.75, 3.05) is 0 Å². The predicted molar refractivity (Wildman–Crippen MR) is 82.9 cm³/mol. The maximum Gasteiger partial charge on any atom is 0.0615 e. The molecule has 5 aliphatic carbocycles. The van der Waals surface area contributed by atoms with Crippen molar-refractivity contribution in [3.63, 3.8) is 0 Å². The molecule has 1 aromatic rings. The average Bonchev–Trinajstić information content (AvgIpc) is 2.65. The molecule has 20 heavy (non-hydrogen) atoms. The maximum absolute atomic E-state index is 6.25. The van der Waals surface area contributed by atoms with Gasteiger partial charge in [0.05, 0.1) is 12.2 Å². The monoisotopic (exact) mass is 332 g/mol. The Morgan fingerprint density at radius 1 is 1.15 bits per heavy atom. The molecule has 0 amide bonds. The Labute approximate surface area is 129 Å². The Hall–Kier alpha value is -0.340. The first-order valence-corrected chi connectivity index (χ1v) is 8.94. The molecule has 1 aromatic carbocycles. The lowest BCUT2D eigenvalue weighted by Crippen LogP contribution is -2.26. The second kappa shape index (κ2) is 3.70. The molecular weight excluding hydrogens is 312 g/mol. The van der Waals surface area contributed by atoms with Crippen LogP contribution in [0.2, 0.25) is 0 Å². The van der Waals surface area contributed by atoms with Gasteiger partial charge in [0, 0.05) is 10.2 Å². The summed E-state index contributed by atoms with van der Waals surface area (Å²) in [4.78, 5) is 0.683. The van der Waals surface area contributed by atoms with Crippen LogP contribution in [-0.4, -0.2) is 17.0 Å². The third-order valence-corrected chi connectivity index (χ3v) is 8.01. The fourth-order valence-corrected chi connectivity index (χ4v) is 8.10. The number of halogens is 1. The van der Waals surface area contributed by atoms with Gasteiger partial charge in [-0.3, -0.25) is 0 Å². The van der Waals surface area contributed by atoms with Gasteiger partial charge in [-0.25, -0.2) is 0 Å². The zero-order chi connectivity index (χ0) is 13.6. The van der Waals surface area contributed by atoms with Crippen LogP contribution in [0.5, 0.6) is 0 Å². The van der Waals surface area contributed by atoms with Crippen molar-refractivity contribution in [3.05, 3.63) is 35.9 Å². The van der Waals surface area contributed by atoms with Crippen LogP contribution in [0, 0.1) is 29.6 Å². The van der Waals surface area contributed by atoms with Crippen LogP contribution in [-0.2, 0) is 10.2 Å². The van der Waals surface area contributed by atoms with Crippen molar-refractivity contribution in [3.8, 4) is 0 Å². The first-order chi connectivity index (χ1) is 9.67. The van der Waals surface area contributed by atoms with E-state index in [1.807, 2.05) is 0 Å². The summed E-state index contributed by atoms with van der Waals surface area (Å²) in [6, 6.07) is 11.3. The van der Waals surface area contributed by atoms with Gasteiger partial charge < -0.3 is 4.74 Å². The molecule has 0 saturated heterocycles. The summed E-state index contributed by atoms with van der Waals surface area (Å²) in [6.45, 7) is 4.36. The summed E-state index contributed by atoms with van der Waals surface area (Å²) in [7, 11) is 0. The molecule has 5 fully saturated rings. The van der Waals surface area contributed by atoms with Gasteiger partial charge in [0.1, 0.15) is 0 Å². The van der Waals surface area contributed by atoms with E-state index in [-0.39, 0.29) is 0 Å². The normalized spacial score (nSPS) is 53.9. The molecule has 0 unspecified atom stereocenters. The zero-order valence-electron chi connectivity index (χ0n) is 12.0. The quantitative estimate of drug-likeness (QED) is 0.760. The Balaban J connectivity index is 1.54. The predicted octanol–water partition coefficient (Wildman–Crippen LogP) is 4.01. The van der Waals surface area contributed by atoms with Crippen LogP contribution in [0.3, 0.4) is 0 Å². The molecular formula is C18H21BrO. The number of hydrogen-bond donors (Lipinski definition) is 0. The fraction of sp³-hybridized carbons (Fsp3) is 0.667. The molecule has 0 aromatic heterocycles. The van der Waals surface area contributed by atoms with Gasteiger partial charge in [0.25, 0.3) is 0 Å². The maximum atomic E-state index is 6.25. The Morgan fingerprint density at radius 2 is 1.90 bits per heavy atom. The molecule has 8 atom stereocenters. The SMILES string of the molecule is CC(C)O[C@H]1C[C@H]2[C@H]3[C@@H]1[C@H]1[C@@H]2[C@@]1(c1ccccc1)[C@H]3Br. The molecule has 5 saturated carbocycles. The highest BCUT2D eigenvalue weighted by Crippen LogP contribution is 2.88. The molecule has 106 valence electrons. The summed E-state index contributed by atoms with van der Waals surface area (Å²) in [5.74, 6) is 4.43. The van der Waals surface area contributed by atoms with Crippen LogP contribution in [0.4, 0.5) is 0 Å². The van der Waals surface area contributed by atoms with E-state index in [4.69, 9.17) is 4.74 Å². The first kappa shape index (κ1) is 12.2. The lowest BCUT2D eigenvalue weighted by molar-refractivity contribution is -0.0270. The lowest BCUT2D eigenvalue weighted by atomic mass is 9.93. The van der Waals surface area contributed by atoms with E-state index in [9.17, 15) is 0 Å². The van der Waals surface area contributed by atoms with Gasteiger partial charge in [-0.1, -0.05) is 46.3 Å². The molecule has 5 aliphatic rings. The molecule has 0 heterocycles. The molecule has 0 aliphatic heterocycles. The van der Waals surface area contributed by atoms with Gasteiger partial charge in [-0.05, 0) is 55.4 Å². The lowest BCUT2D eigenvalue weighted by Gasteiger charge is -2.24. The van der Waals surface area contributed by atoms with Gasteiger partial charge in [0.15, 0.2) is 0 Å². The summed E-state index contributed by atoms with van der Waals surface area (Å²) in [5, 5.41) is 0. The number of ether oxygens (including phenoxy) is 1. The molecule has 1 nitrogen and oxygen atoms in total. The van der Waals surface area contributed by atoms with Crippen LogP contribution in [0.15, 0.2) is 30.3 Å². The molecule has 2 heteroatoms. The summed E-state index contributed by atoms with van der Waals surface area (Å²) in [5.41, 5.74) is 2.04. The van der Waals surface area contributed by atoms with Gasteiger partial charge in [-0.2, -0.15) is 0 Å². The van der Waals surface area contributed by atoms with Crippen molar-refractivity contribution < 1.29 is 4.74 Å². The van der Waals surface area contributed by atoms with E-state index in [1.165, 1.54) is 6.42 Å². The second-order valence-corrected chi connectivity index (χ2v) is 8.52. The number of rotatable bonds is 3. The van der Waals surface area contributed by atoms with Crippen LogP contribution >= 0.6 is 15.9 Å². The second-order valence-electron chi connectivity index (χ2n) is 7.53. The Bertz CT molecular complexity index is 552. The minimum absolute atomic E-state index is 0.371. The highest BCUT2D eigenvalue weighted by molar-refractivity contribution is 9.09. The molecule has 6 rings (SSSR count). The minimum Gasteiger partial charge on any atom is -0.375 e. The van der Waals surface area contributed by atoms with Crippen LogP contribution < -0.4 is 0 Å². The topological polar surface area (TPSA) is 9.23 Å². The van der Waals surface area contributed by atoms with Crippen molar-refractivity contribution >= 4 is 15.9 Å². The zero-order valence-corrected chi connectivity index (χ0v) is 13.6. The van der Waals surface area contributed by atoms with E-state index < -0.39 is 0 Å². The third-order valence-electron chi connectivity index (χ3n) is 6.64. The van der Waals surface area contributed by atoms with E-state index in [1.54, 1.807) is 5.56 Å². The van der Waals surface area contributed by atoms with Crippen LogP contribution in [0.25, 0.3) is 0 Å². The highest BCUT2D eigenvalue weighted by atomic mass is 79.9. The van der Waals surface area contributed by atoms with Crippen molar-refractivity contribution in [1.82, 2.24) is 0 Å². The van der Waals surface area contributed by atoms with Crippen molar-refractivity contribution in [2.24, 2.45) is 29.6 Å². The van der Waals surface area contributed by atoms with E-state index >= 15 is 0 Å². The average molecular weight is 333 g/mol. The first-order valence-electron chi connectivity index (χ1n) is 8.02. The summed E-state index contributed by atoms with van der Waals surface area (Å²) >= 11 is 4.11. The van der Waals surface area contributed by atoms with Crippen LogP contribution in [0.1, 0.15) is 25.8 Å². The van der Waals surface area contributed by atoms with E-state index in [0.29, 0.717) is 22.5 Å². The van der Waals surface area contributed by atoms with Gasteiger partial charge in [-0.15, -0.1) is 0 Å². The largest absolute Gasteiger partial charge is 0.375 e. The van der Waals surface area contributed by atoms with Crippen molar-refractivity contribution in [1.29, 1.82) is 0 Å². The van der Waals surface area contributed by atoms with E-state index in [2.05, 4.69) is 60.1 Å². The summed E-state index contributed by atoms with van der Waals surface area (Å²) < 4.78 is 6.25. The number of benzene rings is 1. The van der Waals surface area contributed by atoms with E-state index in [0.717, 1.165) is 29.6 Å². The highest BCUT2D eigenvalue weighted by Gasteiger charge is 2.89. The molecule has 0 spiro atoms. The number of alkyl halides is 1. The number of hydrogen-bond acceptors (Lipinski definition) is 1. The van der Waals surface area contributed by atoms with Gasteiger partial charge >= 0.3 is 0 Å². The van der Waals surface area contributed by atoms with Crippen molar-refractivity contribution in [2.45, 2.75) is 42.7 Å². The summed E-state index contributed by atoms with van der Waals surface area (Å²) in [6.07, 6.45) is 2.21. The third kappa shape index (κ3) is 1.14.